The van der Waals surface area contributed by atoms with Crippen LogP contribution in [0.2, 0.25) is 0 Å². The van der Waals surface area contributed by atoms with Gasteiger partial charge in [-0.15, -0.1) is 45.3 Å². The van der Waals surface area contributed by atoms with Gasteiger partial charge in [-0.1, -0.05) is 0 Å². The Hall–Kier alpha value is -3.18. The Morgan fingerprint density at radius 3 is 1.38 bits per heavy atom. The highest BCUT2D eigenvalue weighted by atomic mass is 32.1. The highest BCUT2D eigenvalue weighted by Gasteiger charge is 2.46. The number of nitrogens with zero attached hydrogens (tertiary/aromatic N) is 2. The molecule has 0 saturated carbocycles. The lowest BCUT2D eigenvalue weighted by molar-refractivity contribution is -0.131. The van der Waals surface area contributed by atoms with E-state index in [0.29, 0.717) is 11.5 Å². The summed E-state index contributed by atoms with van der Waals surface area (Å²) in [4.78, 5) is 28.1. The fourth-order valence-electron chi connectivity index (χ4n) is 6.00. The third-order valence-corrected chi connectivity index (χ3v) is 11.8. The number of thiophene rings is 4. The molecule has 8 heterocycles. The van der Waals surface area contributed by atoms with Gasteiger partial charge < -0.3 is 18.6 Å². The van der Waals surface area contributed by atoms with Crippen molar-refractivity contribution in [3.05, 3.63) is 55.9 Å². The minimum atomic E-state index is -0.540. The van der Waals surface area contributed by atoms with Crippen LogP contribution in [0, 0.1) is 0 Å². The fourth-order valence-corrected chi connectivity index (χ4v) is 10.3. The molecule has 0 aromatic carbocycles. The summed E-state index contributed by atoms with van der Waals surface area (Å²) in [6, 6.07) is 8.38. The maximum atomic E-state index is 13.3. The van der Waals surface area contributed by atoms with Crippen LogP contribution >= 0.6 is 45.3 Å². The van der Waals surface area contributed by atoms with Crippen molar-refractivity contribution in [3.8, 4) is 0 Å². The number of carbonyl (C=O) groups is 2. The molecule has 0 radical (unpaired) electrons. The van der Waals surface area contributed by atoms with Gasteiger partial charge in [0, 0.05) is 11.1 Å². The van der Waals surface area contributed by atoms with Gasteiger partial charge in [0.25, 0.3) is 0 Å². The molecule has 10 heteroatoms. The molecule has 0 bridgehead atoms. The number of fused-ring (bicyclic) bond motifs is 7. The Morgan fingerprint density at radius 2 is 1.00 bits per heavy atom. The molecule has 0 amide bonds. The van der Waals surface area contributed by atoms with E-state index in [0.717, 1.165) is 30.2 Å². The van der Waals surface area contributed by atoms with Crippen molar-refractivity contribution in [2.45, 2.75) is 52.6 Å². The van der Waals surface area contributed by atoms with Crippen molar-refractivity contribution in [3.63, 3.8) is 0 Å². The van der Waals surface area contributed by atoms with Gasteiger partial charge in [-0.2, -0.15) is 0 Å². The first-order valence-corrected chi connectivity index (χ1v) is 16.3. The van der Waals surface area contributed by atoms with Crippen molar-refractivity contribution in [2.24, 2.45) is 0 Å². The SMILES string of the molecule is CC(C)(C)n1c2ccsc2c2sc(C3=C4C(=O)OC(c5cc6c(s5)c5sccc5n6C(C)(C)C)=C4C(=O)O3)cc21. The Labute approximate surface area is 245 Å². The molecule has 2 aliphatic heterocycles. The van der Waals surface area contributed by atoms with Gasteiger partial charge in [0.2, 0.25) is 0 Å². The van der Waals surface area contributed by atoms with Crippen LogP contribution in [0.5, 0.6) is 0 Å². The van der Waals surface area contributed by atoms with Crippen molar-refractivity contribution in [1.29, 1.82) is 0 Å². The minimum absolute atomic E-state index is 0.142. The zero-order chi connectivity index (χ0) is 27.9. The summed E-state index contributed by atoms with van der Waals surface area (Å²) in [7, 11) is 0. The summed E-state index contributed by atoms with van der Waals surface area (Å²) in [6.07, 6.45) is 0. The lowest BCUT2D eigenvalue weighted by atomic mass is 10.1. The van der Waals surface area contributed by atoms with E-state index in [1.165, 1.54) is 20.4 Å². The number of hydrogen-bond acceptors (Lipinski definition) is 8. The summed E-state index contributed by atoms with van der Waals surface area (Å²) in [5.41, 5.74) is 4.71. The molecule has 0 atom stereocenters. The van der Waals surface area contributed by atoms with Crippen LogP contribution in [0.15, 0.2) is 46.2 Å². The molecule has 2 aliphatic rings. The quantitative estimate of drug-likeness (QED) is 0.185. The highest BCUT2D eigenvalue weighted by molar-refractivity contribution is 7.27. The first-order chi connectivity index (χ1) is 18.9. The number of carbonyl (C=O) groups excluding carboxylic acids is 2. The van der Waals surface area contributed by atoms with Crippen LogP contribution in [-0.2, 0) is 30.1 Å². The van der Waals surface area contributed by atoms with E-state index in [4.69, 9.17) is 9.47 Å². The first-order valence-electron chi connectivity index (χ1n) is 12.9. The van der Waals surface area contributed by atoms with E-state index in [1.54, 1.807) is 45.3 Å². The van der Waals surface area contributed by atoms with Crippen molar-refractivity contribution < 1.29 is 19.1 Å². The largest absolute Gasteiger partial charge is 0.420 e. The third kappa shape index (κ3) is 3.13. The van der Waals surface area contributed by atoms with Crippen molar-refractivity contribution >= 4 is 110 Å². The summed E-state index contributed by atoms with van der Waals surface area (Å²) in [5, 5.41) is 4.20. The second-order valence-electron chi connectivity index (χ2n) is 12.1. The lowest BCUT2D eigenvalue weighted by Gasteiger charge is -2.23. The molecule has 6 aromatic heterocycles. The third-order valence-electron chi connectivity index (χ3n) is 7.38. The molecule has 0 aliphatic carbocycles. The molecule has 8 rings (SSSR count). The Balaban J connectivity index is 1.32. The van der Waals surface area contributed by atoms with E-state index in [9.17, 15) is 9.59 Å². The first kappa shape index (κ1) is 24.6. The molecule has 0 fully saturated rings. The normalized spacial score (nSPS) is 16.6. The monoisotopic (exact) mass is 604 g/mol. The minimum Gasteiger partial charge on any atom is -0.420 e. The maximum absolute atomic E-state index is 13.3. The maximum Gasteiger partial charge on any atom is 0.348 e. The molecular formula is C30H24N2O4S4. The number of aromatic nitrogens is 2. The summed E-state index contributed by atoms with van der Waals surface area (Å²) >= 11 is 6.50. The van der Waals surface area contributed by atoms with Gasteiger partial charge in [-0.05, 0) is 76.6 Å². The number of ether oxygens (including phenoxy) is 2. The van der Waals surface area contributed by atoms with Gasteiger partial charge >= 0.3 is 11.9 Å². The molecule has 0 spiro atoms. The lowest BCUT2D eigenvalue weighted by Crippen LogP contribution is -2.20. The summed E-state index contributed by atoms with van der Waals surface area (Å²) in [5.74, 6) is -0.483. The number of cyclic esters (lactones) is 2. The molecule has 0 saturated heterocycles. The average Bonchev–Trinajstić information content (AvgIpc) is 3.66. The molecule has 0 N–H and O–H groups in total. The number of esters is 2. The number of rotatable bonds is 2. The van der Waals surface area contributed by atoms with Gasteiger partial charge in [0.15, 0.2) is 11.5 Å². The van der Waals surface area contributed by atoms with E-state index in [1.807, 2.05) is 12.1 Å². The molecule has 6 nitrogen and oxygen atoms in total. The molecular weight excluding hydrogens is 581 g/mol. The second kappa shape index (κ2) is 7.76. The van der Waals surface area contributed by atoms with Crippen molar-refractivity contribution in [2.75, 3.05) is 0 Å². The van der Waals surface area contributed by atoms with Gasteiger partial charge in [0.1, 0.15) is 11.1 Å². The zero-order valence-electron chi connectivity index (χ0n) is 22.6. The van der Waals surface area contributed by atoms with E-state index in [2.05, 4.69) is 73.6 Å². The van der Waals surface area contributed by atoms with E-state index >= 15 is 0 Å². The summed E-state index contributed by atoms with van der Waals surface area (Å²) < 4.78 is 21.0. The van der Waals surface area contributed by atoms with Crippen LogP contribution in [0.1, 0.15) is 51.3 Å². The van der Waals surface area contributed by atoms with Gasteiger partial charge in [-0.3, -0.25) is 0 Å². The van der Waals surface area contributed by atoms with Crippen LogP contribution in [0.25, 0.3) is 52.4 Å². The Morgan fingerprint density at radius 1 is 0.600 bits per heavy atom. The van der Waals surface area contributed by atoms with Crippen LogP contribution < -0.4 is 0 Å². The van der Waals surface area contributed by atoms with Crippen LogP contribution in [-0.4, -0.2) is 21.1 Å². The zero-order valence-corrected chi connectivity index (χ0v) is 25.9. The molecule has 40 heavy (non-hydrogen) atoms. The predicted octanol–water partition coefficient (Wildman–Crippen LogP) is 8.89. The van der Waals surface area contributed by atoms with Crippen molar-refractivity contribution in [1.82, 2.24) is 9.13 Å². The Kier molecular flexibility index (Phi) is 4.77. The fraction of sp³-hybridized carbons (Fsp3) is 0.267. The topological polar surface area (TPSA) is 62.5 Å². The standard InChI is InChI=1S/C30H24N2O4S4/c1-29(2,3)31-13-7-9-37-23(13)25-15(31)11-17(39-25)21-19-20(28(34)35-21)22(36-27(19)33)18-12-16-26(40-18)24-14(8-10-38-24)32(16)30(4,5)6/h7-12H,1-6H3. The van der Waals surface area contributed by atoms with Gasteiger partial charge in [-0.25, -0.2) is 9.59 Å². The van der Waals surface area contributed by atoms with Gasteiger partial charge in [0.05, 0.1) is 50.6 Å². The molecule has 0 unspecified atom stereocenters. The average molecular weight is 605 g/mol. The molecule has 202 valence electrons. The summed E-state index contributed by atoms with van der Waals surface area (Å²) in [6.45, 7) is 13.1. The highest BCUT2D eigenvalue weighted by Crippen LogP contribution is 2.50. The van der Waals surface area contributed by atoms with E-state index < -0.39 is 11.9 Å². The van der Waals surface area contributed by atoms with Crippen LogP contribution in [0.3, 0.4) is 0 Å². The predicted molar refractivity (Wildman–Crippen MR) is 166 cm³/mol. The van der Waals surface area contributed by atoms with Crippen LogP contribution in [0.4, 0.5) is 0 Å². The Bertz CT molecular complexity index is 2020. The second-order valence-corrected chi connectivity index (χ2v) is 16.1. The number of hydrogen-bond donors (Lipinski definition) is 0. The smallest absolute Gasteiger partial charge is 0.348 e. The molecule has 6 aromatic rings. The van der Waals surface area contributed by atoms with E-state index in [-0.39, 0.29) is 22.2 Å².